The molecule has 2 N–H and O–H groups in total. The van der Waals surface area contributed by atoms with Crippen LogP contribution in [0.15, 0.2) is 61.1 Å². The normalized spacial score (nSPS) is 13.6. The molecule has 1 saturated heterocycles. The maximum atomic E-state index is 14.9. The topological polar surface area (TPSA) is 101 Å². The fourth-order valence-corrected chi connectivity index (χ4v) is 4.26. The number of rotatable bonds is 7. The zero-order chi connectivity index (χ0) is 25.8. The van der Waals surface area contributed by atoms with Gasteiger partial charge in [0.2, 0.25) is 11.8 Å². The Morgan fingerprint density at radius 2 is 1.81 bits per heavy atom. The molecule has 190 valence electrons. The van der Waals surface area contributed by atoms with E-state index in [9.17, 15) is 18.4 Å². The Balaban J connectivity index is 1.24. The lowest BCUT2D eigenvalue weighted by Crippen LogP contribution is -2.35. The Bertz CT molecular complexity index is 1430. The third-order valence-corrected chi connectivity index (χ3v) is 6.02. The Kier molecular flexibility index (Phi) is 7.04. The maximum absolute atomic E-state index is 14.9. The van der Waals surface area contributed by atoms with Crippen LogP contribution in [-0.4, -0.2) is 44.5 Å². The summed E-state index contributed by atoms with van der Waals surface area (Å²) in [4.78, 5) is 30.8. The number of nitrogens with zero attached hydrogens (tertiary/aromatic N) is 4. The first-order valence-electron chi connectivity index (χ1n) is 11.8. The average molecular weight is 507 g/mol. The summed E-state index contributed by atoms with van der Waals surface area (Å²) in [7, 11) is 0. The van der Waals surface area contributed by atoms with Crippen LogP contribution < -0.4 is 15.4 Å². The van der Waals surface area contributed by atoms with E-state index in [0.29, 0.717) is 11.1 Å². The average Bonchev–Trinajstić information content (AvgIpc) is 3.53. The molecule has 11 heteroatoms. The summed E-state index contributed by atoms with van der Waals surface area (Å²) in [5.41, 5.74) is 2.32. The molecule has 37 heavy (non-hydrogen) atoms. The molecule has 1 aliphatic rings. The number of hydrogen-bond donors (Lipinski definition) is 2. The zero-order valence-corrected chi connectivity index (χ0v) is 19.8. The lowest BCUT2D eigenvalue weighted by atomic mass is 10.1. The largest absolute Gasteiger partial charge is 0.434 e. The van der Waals surface area contributed by atoms with Gasteiger partial charge in [-0.05, 0) is 67.4 Å². The smallest absolute Gasteiger partial charge is 0.325 e. The molecule has 0 unspecified atom stereocenters. The first-order valence-corrected chi connectivity index (χ1v) is 11.8. The van der Waals surface area contributed by atoms with E-state index in [1.807, 2.05) is 12.3 Å². The number of fused-ring (bicyclic) bond motifs is 1. The van der Waals surface area contributed by atoms with Crippen molar-refractivity contribution in [1.29, 1.82) is 0 Å². The second-order valence-corrected chi connectivity index (χ2v) is 8.74. The summed E-state index contributed by atoms with van der Waals surface area (Å²) in [6.07, 6.45) is 5.37. The van der Waals surface area contributed by atoms with E-state index in [2.05, 4.69) is 25.6 Å². The van der Waals surface area contributed by atoms with E-state index in [1.54, 1.807) is 4.52 Å². The van der Waals surface area contributed by atoms with Crippen LogP contribution in [-0.2, 0) is 17.8 Å². The van der Waals surface area contributed by atoms with Gasteiger partial charge in [0.25, 0.3) is 0 Å². The van der Waals surface area contributed by atoms with Gasteiger partial charge >= 0.3 is 6.03 Å². The number of likely N-dealkylation sites (tertiary alicyclic amines) is 1. The number of carbonyl (C=O) groups excluding carboxylic acids is 2. The van der Waals surface area contributed by atoms with E-state index in [0.717, 1.165) is 44.1 Å². The molecule has 2 aromatic heterocycles. The molecule has 9 nitrogen and oxygen atoms in total. The molecular formula is C26H24F2N6O3. The zero-order valence-electron chi connectivity index (χ0n) is 19.8. The van der Waals surface area contributed by atoms with E-state index >= 15 is 0 Å². The van der Waals surface area contributed by atoms with Gasteiger partial charge in [0.05, 0.1) is 6.42 Å². The molecule has 2 aromatic carbocycles. The van der Waals surface area contributed by atoms with E-state index in [1.165, 1.54) is 42.7 Å². The first kappa shape index (κ1) is 24.3. The standard InChI is InChI=1S/C26H24F2N6O3/c27-19-5-3-17(4-6-19)13-23(35)32-26(36)31-20-7-8-22(21(28)14-20)37-25-24-18(15-33-10-1-2-11-33)9-12-34(24)30-16-29-25/h3-9,12,14,16H,1-2,10-11,13,15H2,(H2,31,32,35,36). The molecule has 1 aliphatic heterocycles. The van der Waals surface area contributed by atoms with Crippen LogP contribution in [0.1, 0.15) is 24.0 Å². The number of ether oxygens (including phenoxy) is 1. The number of nitrogens with one attached hydrogen (secondary N) is 2. The van der Waals surface area contributed by atoms with Gasteiger partial charge in [0, 0.05) is 24.5 Å². The predicted molar refractivity (Wildman–Crippen MR) is 131 cm³/mol. The highest BCUT2D eigenvalue weighted by molar-refractivity contribution is 6.01. The van der Waals surface area contributed by atoms with Gasteiger partial charge < -0.3 is 10.1 Å². The Morgan fingerprint density at radius 1 is 1.03 bits per heavy atom. The van der Waals surface area contributed by atoms with Crippen LogP contribution in [0.3, 0.4) is 0 Å². The number of aromatic nitrogens is 3. The van der Waals surface area contributed by atoms with Gasteiger partial charge in [-0.1, -0.05) is 12.1 Å². The van der Waals surface area contributed by atoms with Crippen molar-refractivity contribution < 1.29 is 23.1 Å². The van der Waals surface area contributed by atoms with Gasteiger partial charge in [-0.3, -0.25) is 15.0 Å². The van der Waals surface area contributed by atoms with Gasteiger partial charge in [0.15, 0.2) is 11.6 Å². The van der Waals surface area contributed by atoms with Crippen molar-refractivity contribution in [3.05, 3.63) is 83.8 Å². The van der Waals surface area contributed by atoms with Crippen LogP contribution >= 0.6 is 0 Å². The van der Waals surface area contributed by atoms with Crippen molar-refractivity contribution in [3.63, 3.8) is 0 Å². The first-order chi connectivity index (χ1) is 17.9. The number of urea groups is 1. The summed E-state index contributed by atoms with van der Waals surface area (Å²) < 4.78 is 35.3. The molecule has 5 rings (SSSR count). The quantitative estimate of drug-likeness (QED) is 0.388. The van der Waals surface area contributed by atoms with Crippen LogP contribution in [0.5, 0.6) is 11.6 Å². The van der Waals surface area contributed by atoms with Gasteiger partial charge in [0.1, 0.15) is 17.7 Å². The number of benzene rings is 2. The Morgan fingerprint density at radius 3 is 2.57 bits per heavy atom. The molecule has 0 bridgehead atoms. The Labute approximate surface area is 211 Å². The number of hydrogen-bond acceptors (Lipinski definition) is 6. The van der Waals surface area contributed by atoms with Crippen molar-refractivity contribution in [3.8, 4) is 11.6 Å². The highest BCUT2D eigenvalue weighted by Crippen LogP contribution is 2.30. The van der Waals surface area contributed by atoms with Crippen LogP contribution in [0.2, 0.25) is 0 Å². The third-order valence-electron chi connectivity index (χ3n) is 6.02. The van der Waals surface area contributed by atoms with Crippen LogP contribution in [0.25, 0.3) is 5.52 Å². The van der Waals surface area contributed by atoms with E-state index in [-0.39, 0.29) is 23.7 Å². The van der Waals surface area contributed by atoms with Crippen molar-refractivity contribution in [2.75, 3.05) is 18.4 Å². The molecule has 4 aromatic rings. The molecule has 3 heterocycles. The van der Waals surface area contributed by atoms with Crippen molar-refractivity contribution >= 4 is 23.1 Å². The highest BCUT2D eigenvalue weighted by Gasteiger charge is 2.19. The van der Waals surface area contributed by atoms with Gasteiger partial charge in [-0.15, -0.1) is 0 Å². The van der Waals surface area contributed by atoms with Gasteiger partial charge in [-0.2, -0.15) is 10.1 Å². The second kappa shape index (κ2) is 10.7. The molecule has 0 aliphatic carbocycles. The Hall–Kier alpha value is -4.38. The summed E-state index contributed by atoms with van der Waals surface area (Å²) in [6, 6.07) is 10.4. The summed E-state index contributed by atoms with van der Waals surface area (Å²) >= 11 is 0. The molecule has 0 radical (unpaired) electrons. The van der Waals surface area contributed by atoms with E-state index < -0.39 is 23.6 Å². The monoisotopic (exact) mass is 506 g/mol. The van der Waals surface area contributed by atoms with Crippen LogP contribution in [0, 0.1) is 11.6 Å². The predicted octanol–water partition coefficient (Wildman–Crippen LogP) is 4.29. The number of carbonyl (C=O) groups is 2. The second-order valence-electron chi connectivity index (χ2n) is 8.74. The van der Waals surface area contributed by atoms with Crippen molar-refractivity contribution in [1.82, 2.24) is 24.8 Å². The minimum atomic E-state index is -0.822. The lowest BCUT2D eigenvalue weighted by Gasteiger charge is -2.15. The SMILES string of the molecule is O=C(Cc1ccc(F)cc1)NC(=O)Nc1ccc(Oc2ncnn3ccc(CN4CCCC4)c23)c(F)c1. The number of anilines is 1. The number of imide groups is 1. The fourth-order valence-electron chi connectivity index (χ4n) is 4.26. The number of halogens is 2. The summed E-state index contributed by atoms with van der Waals surface area (Å²) in [6.45, 7) is 2.77. The summed E-state index contributed by atoms with van der Waals surface area (Å²) in [5, 5.41) is 8.79. The molecule has 0 saturated carbocycles. The third kappa shape index (κ3) is 5.89. The molecule has 0 spiro atoms. The number of amides is 3. The van der Waals surface area contributed by atoms with Crippen LogP contribution in [0.4, 0.5) is 19.3 Å². The van der Waals surface area contributed by atoms with Crippen molar-refractivity contribution in [2.45, 2.75) is 25.8 Å². The van der Waals surface area contributed by atoms with Crippen molar-refractivity contribution in [2.24, 2.45) is 0 Å². The fraction of sp³-hybridized carbons (Fsp3) is 0.231. The van der Waals surface area contributed by atoms with Gasteiger partial charge in [-0.25, -0.2) is 18.1 Å². The molecular weight excluding hydrogens is 482 g/mol. The molecule has 1 fully saturated rings. The molecule has 0 atom stereocenters. The van der Waals surface area contributed by atoms with E-state index in [4.69, 9.17) is 4.74 Å². The minimum Gasteiger partial charge on any atom is -0.434 e. The minimum absolute atomic E-state index is 0.0766. The summed E-state index contributed by atoms with van der Waals surface area (Å²) in [5.74, 6) is -1.59. The molecule has 3 amide bonds. The maximum Gasteiger partial charge on any atom is 0.325 e. The highest BCUT2D eigenvalue weighted by atomic mass is 19.1. The lowest BCUT2D eigenvalue weighted by molar-refractivity contribution is -0.119.